The molecule has 16 heavy (non-hydrogen) atoms. The van der Waals surface area contributed by atoms with Gasteiger partial charge in [-0.25, -0.2) is 0 Å². The molecule has 1 rings (SSSR count). The van der Waals surface area contributed by atoms with E-state index in [9.17, 15) is 18.0 Å². The molecule has 0 aromatic heterocycles. The van der Waals surface area contributed by atoms with Crippen LogP contribution in [-0.2, 0) is 4.79 Å². The highest BCUT2D eigenvalue weighted by Crippen LogP contribution is 2.24. The average Bonchev–Trinajstić information content (AvgIpc) is 2.15. The predicted octanol–water partition coefficient (Wildman–Crippen LogP) is 2.76. The first kappa shape index (κ1) is 12.6. The van der Waals surface area contributed by atoms with Gasteiger partial charge in [0.15, 0.2) is 0 Å². The second-order valence-corrected chi connectivity index (χ2v) is 3.02. The standard InChI is InChI=1S/C9H7ClF3NO2/c10-5-8(15)14-6-2-1-3-7(4-6)16-9(11,12)13/h1-4H,5H2,(H,14,15). The molecule has 1 aromatic rings. The molecule has 1 N–H and O–H groups in total. The molecule has 0 bridgehead atoms. The zero-order valence-corrected chi connectivity index (χ0v) is 8.60. The molecule has 0 atom stereocenters. The first-order chi connectivity index (χ1) is 7.40. The first-order valence-corrected chi connectivity index (χ1v) is 4.66. The van der Waals surface area contributed by atoms with Gasteiger partial charge in [0.1, 0.15) is 11.6 Å². The van der Waals surface area contributed by atoms with Gasteiger partial charge in [-0.2, -0.15) is 0 Å². The highest BCUT2D eigenvalue weighted by atomic mass is 35.5. The van der Waals surface area contributed by atoms with Crippen molar-refractivity contribution >= 4 is 23.2 Å². The number of nitrogens with one attached hydrogen (secondary N) is 1. The molecule has 0 unspecified atom stereocenters. The summed E-state index contributed by atoms with van der Waals surface area (Å²) < 4.78 is 39.3. The minimum atomic E-state index is -4.75. The van der Waals surface area contributed by atoms with Crippen molar-refractivity contribution in [2.24, 2.45) is 0 Å². The van der Waals surface area contributed by atoms with E-state index in [1.807, 2.05) is 0 Å². The number of alkyl halides is 4. The van der Waals surface area contributed by atoms with Gasteiger partial charge in [-0.15, -0.1) is 24.8 Å². The highest BCUT2D eigenvalue weighted by molar-refractivity contribution is 6.29. The molecule has 0 fully saturated rings. The summed E-state index contributed by atoms with van der Waals surface area (Å²) in [6.07, 6.45) is -4.75. The van der Waals surface area contributed by atoms with Crippen molar-refractivity contribution in [2.75, 3.05) is 11.2 Å². The first-order valence-electron chi connectivity index (χ1n) is 4.12. The van der Waals surface area contributed by atoms with Gasteiger partial charge in [0.05, 0.1) is 0 Å². The van der Waals surface area contributed by atoms with Crippen molar-refractivity contribution < 1.29 is 22.7 Å². The summed E-state index contributed by atoms with van der Waals surface area (Å²) in [4.78, 5) is 10.9. The van der Waals surface area contributed by atoms with Crippen molar-refractivity contribution in [1.29, 1.82) is 0 Å². The number of hydrogen-bond acceptors (Lipinski definition) is 2. The fourth-order valence-electron chi connectivity index (χ4n) is 0.965. The molecule has 1 aromatic carbocycles. The molecule has 0 heterocycles. The van der Waals surface area contributed by atoms with Crippen LogP contribution in [-0.4, -0.2) is 18.1 Å². The molecular formula is C9H7ClF3NO2. The molecule has 0 saturated heterocycles. The molecule has 0 aliphatic rings. The van der Waals surface area contributed by atoms with Gasteiger partial charge in [0.25, 0.3) is 0 Å². The van der Waals surface area contributed by atoms with Gasteiger partial charge in [-0.3, -0.25) is 4.79 Å². The Morgan fingerprint density at radius 3 is 2.69 bits per heavy atom. The van der Waals surface area contributed by atoms with Crippen molar-refractivity contribution in [3.63, 3.8) is 0 Å². The Kier molecular flexibility index (Phi) is 4.00. The highest BCUT2D eigenvalue weighted by Gasteiger charge is 2.31. The Balaban J connectivity index is 2.75. The van der Waals surface area contributed by atoms with Crippen LogP contribution in [0.1, 0.15) is 0 Å². The van der Waals surface area contributed by atoms with E-state index in [0.717, 1.165) is 12.1 Å². The summed E-state index contributed by atoms with van der Waals surface area (Å²) in [6, 6.07) is 4.93. The van der Waals surface area contributed by atoms with Crippen molar-refractivity contribution in [3.05, 3.63) is 24.3 Å². The Labute approximate surface area is 94.2 Å². The van der Waals surface area contributed by atoms with Crippen LogP contribution < -0.4 is 10.1 Å². The summed E-state index contributed by atoms with van der Waals surface area (Å²) in [5.74, 6) is -1.18. The summed E-state index contributed by atoms with van der Waals surface area (Å²) >= 11 is 5.22. The minimum absolute atomic E-state index is 0.187. The molecule has 88 valence electrons. The van der Waals surface area contributed by atoms with Gasteiger partial charge in [0, 0.05) is 11.8 Å². The number of benzene rings is 1. The molecule has 0 aliphatic carbocycles. The van der Waals surface area contributed by atoms with E-state index in [1.54, 1.807) is 0 Å². The van der Waals surface area contributed by atoms with Crippen LogP contribution in [0.4, 0.5) is 18.9 Å². The second-order valence-electron chi connectivity index (χ2n) is 2.76. The van der Waals surface area contributed by atoms with E-state index in [-0.39, 0.29) is 11.6 Å². The maximum atomic E-state index is 11.9. The summed E-state index contributed by atoms with van der Waals surface area (Å²) in [7, 11) is 0. The van der Waals surface area contributed by atoms with Gasteiger partial charge in [0.2, 0.25) is 5.91 Å². The van der Waals surface area contributed by atoms with E-state index >= 15 is 0 Å². The summed E-state index contributed by atoms with van der Waals surface area (Å²) in [6.45, 7) is 0. The third-order valence-corrected chi connectivity index (χ3v) is 1.72. The second kappa shape index (κ2) is 5.07. The molecule has 1 amide bonds. The lowest BCUT2D eigenvalue weighted by molar-refractivity contribution is -0.274. The average molecular weight is 254 g/mol. The third-order valence-electron chi connectivity index (χ3n) is 1.47. The third kappa shape index (κ3) is 4.39. The number of carbonyl (C=O) groups excluding carboxylic acids is 1. The fraction of sp³-hybridized carbons (Fsp3) is 0.222. The number of ether oxygens (including phenoxy) is 1. The van der Waals surface area contributed by atoms with E-state index < -0.39 is 18.0 Å². The maximum Gasteiger partial charge on any atom is 0.573 e. The monoisotopic (exact) mass is 253 g/mol. The van der Waals surface area contributed by atoms with E-state index in [4.69, 9.17) is 11.6 Å². The lowest BCUT2D eigenvalue weighted by atomic mass is 10.3. The predicted molar refractivity (Wildman–Crippen MR) is 52.5 cm³/mol. The molecular weight excluding hydrogens is 247 g/mol. The van der Waals surface area contributed by atoms with E-state index in [0.29, 0.717) is 0 Å². The van der Waals surface area contributed by atoms with Crippen molar-refractivity contribution in [1.82, 2.24) is 0 Å². The Hall–Kier alpha value is -1.43. The SMILES string of the molecule is O=C(CCl)Nc1cccc(OC(F)(F)F)c1. The van der Waals surface area contributed by atoms with Crippen molar-refractivity contribution in [3.8, 4) is 5.75 Å². The van der Waals surface area contributed by atoms with Crippen LogP contribution >= 0.6 is 11.6 Å². The number of anilines is 1. The number of hydrogen-bond donors (Lipinski definition) is 1. The summed E-state index contributed by atoms with van der Waals surface area (Å²) in [5.41, 5.74) is 0.187. The quantitative estimate of drug-likeness (QED) is 0.841. The smallest absolute Gasteiger partial charge is 0.406 e. The zero-order chi connectivity index (χ0) is 12.2. The molecule has 0 spiro atoms. The van der Waals surface area contributed by atoms with Gasteiger partial charge in [-0.1, -0.05) is 6.07 Å². The number of halogens is 4. The van der Waals surface area contributed by atoms with Crippen LogP contribution in [0, 0.1) is 0 Å². The fourth-order valence-corrected chi connectivity index (χ4v) is 1.03. The minimum Gasteiger partial charge on any atom is -0.406 e. The lowest BCUT2D eigenvalue weighted by Gasteiger charge is -2.10. The lowest BCUT2D eigenvalue weighted by Crippen LogP contribution is -2.17. The summed E-state index contributed by atoms with van der Waals surface area (Å²) in [5, 5.41) is 2.30. The molecule has 3 nitrogen and oxygen atoms in total. The van der Waals surface area contributed by atoms with Crippen LogP contribution in [0.3, 0.4) is 0 Å². The van der Waals surface area contributed by atoms with E-state index in [2.05, 4.69) is 10.1 Å². The Morgan fingerprint density at radius 1 is 1.44 bits per heavy atom. The zero-order valence-electron chi connectivity index (χ0n) is 7.84. The van der Waals surface area contributed by atoms with Gasteiger partial charge < -0.3 is 10.1 Å². The van der Waals surface area contributed by atoms with Crippen LogP contribution in [0.15, 0.2) is 24.3 Å². The van der Waals surface area contributed by atoms with E-state index in [1.165, 1.54) is 12.1 Å². The Morgan fingerprint density at radius 2 is 2.12 bits per heavy atom. The largest absolute Gasteiger partial charge is 0.573 e. The van der Waals surface area contributed by atoms with Crippen molar-refractivity contribution in [2.45, 2.75) is 6.36 Å². The molecule has 0 radical (unpaired) electrons. The molecule has 7 heteroatoms. The number of carbonyl (C=O) groups is 1. The van der Waals surface area contributed by atoms with Gasteiger partial charge in [-0.05, 0) is 12.1 Å². The topological polar surface area (TPSA) is 38.3 Å². The van der Waals surface area contributed by atoms with Gasteiger partial charge >= 0.3 is 6.36 Å². The van der Waals surface area contributed by atoms with Crippen LogP contribution in [0.25, 0.3) is 0 Å². The van der Waals surface area contributed by atoms with Crippen LogP contribution in [0.2, 0.25) is 0 Å². The number of rotatable bonds is 3. The molecule has 0 aliphatic heterocycles. The Bertz CT molecular complexity index is 381. The van der Waals surface area contributed by atoms with Crippen LogP contribution in [0.5, 0.6) is 5.75 Å². The molecule has 0 saturated carbocycles. The maximum absolute atomic E-state index is 11.9. The number of amides is 1. The normalized spacial score (nSPS) is 11.0.